The van der Waals surface area contributed by atoms with E-state index in [4.69, 9.17) is 0 Å². The summed E-state index contributed by atoms with van der Waals surface area (Å²) in [6, 6.07) is 8.08. The van der Waals surface area contributed by atoms with E-state index in [1.807, 2.05) is 39.3 Å². The molecule has 17 heavy (non-hydrogen) atoms. The van der Waals surface area contributed by atoms with Gasteiger partial charge in [0, 0.05) is 23.7 Å². The lowest BCUT2D eigenvalue weighted by atomic mass is 10.1. The Bertz CT molecular complexity index is 379. The van der Waals surface area contributed by atoms with Gasteiger partial charge in [-0.1, -0.05) is 12.1 Å². The molecular formula is C13H19IN2O. The second kappa shape index (κ2) is 6.96. The number of nitrogens with zero attached hydrogens (tertiary/aromatic N) is 2. The maximum absolute atomic E-state index is 11.9. The first-order chi connectivity index (χ1) is 7.99. The standard InChI is InChI=1S/C13H19IN2O/c1-15(2)7-8-16(3)13(17)10-11-5-4-6-12(14)9-11/h4-6,9H,7-8,10H2,1-3H3. The van der Waals surface area contributed by atoms with Gasteiger partial charge in [-0.3, -0.25) is 4.79 Å². The zero-order chi connectivity index (χ0) is 12.8. The fourth-order valence-electron chi connectivity index (χ4n) is 1.43. The second-order valence-corrected chi connectivity index (χ2v) is 5.67. The van der Waals surface area contributed by atoms with Crippen molar-refractivity contribution in [3.63, 3.8) is 0 Å². The Morgan fingerprint density at radius 2 is 1.94 bits per heavy atom. The van der Waals surface area contributed by atoms with Crippen LogP contribution in [0.25, 0.3) is 0 Å². The highest BCUT2D eigenvalue weighted by molar-refractivity contribution is 14.1. The summed E-state index contributed by atoms with van der Waals surface area (Å²) in [5.74, 6) is 0.175. The third-order valence-electron chi connectivity index (χ3n) is 2.55. The number of carbonyl (C=O) groups excluding carboxylic acids is 1. The fraction of sp³-hybridized carbons (Fsp3) is 0.462. The minimum atomic E-state index is 0.175. The average molecular weight is 346 g/mol. The van der Waals surface area contributed by atoms with Crippen LogP contribution >= 0.6 is 22.6 Å². The minimum Gasteiger partial charge on any atom is -0.344 e. The summed E-state index contributed by atoms with van der Waals surface area (Å²) < 4.78 is 1.17. The van der Waals surface area contributed by atoms with Crippen LogP contribution in [0.1, 0.15) is 5.56 Å². The first-order valence-electron chi connectivity index (χ1n) is 5.62. The minimum absolute atomic E-state index is 0.175. The van der Waals surface area contributed by atoms with E-state index in [9.17, 15) is 4.79 Å². The van der Waals surface area contributed by atoms with Gasteiger partial charge in [-0.05, 0) is 54.4 Å². The predicted octanol–water partition coefficient (Wildman–Crippen LogP) is 1.85. The van der Waals surface area contributed by atoms with E-state index in [1.54, 1.807) is 4.90 Å². The molecule has 0 fully saturated rings. The van der Waals surface area contributed by atoms with Gasteiger partial charge in [-0.2, -0.15) is 0 Å². The Labute approximate surface area is 117 Å². The second-order valence-electron chi connectivity index (χ2n) is 4.43. The smallest absolute Gasteiger partial charge is 0.226 e. The van der Waals surface area contributed by atoms with Gasteiger partial charge in [0.05, 0.1) is 6.42 Å². The molecule has 94 valence electrons. The number of benzene rings is 1. The third kappa shape index (κ3) is 5.50. The lowest BCUT2D eigenvalue weighted by Crippen LogP contribution is -2.34. The maximum Gasteiger partial charge on any atom is 0.226 e. The van der Waals surface area contributed by atoms with Crippen LogP contribution in [-0.4, -0.2) is 49.9 Å². The maximum atomic E-state index is 11.9. The Balaban J connectivity index is 2.48. The molecule has 0 aliphatic rings. The Hall–Kier alpha value is -0.620. The van der Waals surface area contributed by atoms with Gasteiger partial charge >= 0.3 is 0 Å². The summed E-state index contributed by atoms with van der Waals surface area (Å²) in [4.78, 5) is 15.8. The largest absolute Gasteiger partial charge is 0.344 e. The van der Waals surface area contributed by atoms with Crippen LogP contribution in [0.5, 0.6) is 0 Å². The van der Waals surface area contributed by atoms with Crippen molar-refractivity contribution < 1.29 is 4.79 Å². The molecule has 0 saturated heterocycles. The molecule has 1 aromatic carbocycles. The third-order valence-corrected chi connectivity index (χ3v) is 3.22. The number of hydrogen-bond donors (Lipinski definition) is 0. The fourth-order valence-corrected chi connectivity index (χ4v) is 2.04. The van der Waals surface area contributed by atoms with E-state index < -0.39 is 0 Å². The highest BCUT2D eigenvalue weighted by Gasteiger charge is 2.09. The molecule has 0 aromatic heterocycles. The number of likely N-dealkylation sites (N-methyl/N-ethyl adjacent to an activating group) is 2. The van der Waals surface area contributed by atoms with Crippen LogP contribution in [0.15, 0.2) is 24.3 Å². The summed E-state index contributed by atoms with van der Waals surface area (Å²) in [6.45, 7) is 1.67. The van der Waals surface area contributed by atoms with E-state index in [0.29, 0.717) is 6.42 Å². The van der Waals surface area contributed by atoms with E-state index in [1.165, 1.54) is 3.57 Å². The average Bonchev–Trinajstić information content (AvgIpc) is 2.25. The molecule has 0 aliphatic carbocycles. The molecule has 0 bridgehead atoms. The van der Waals surface area contributed by atoms with Crippen LogP contribution in [0.2, 0.25) is 0 Å². The first kappa shape index (κ1) is 14.4. The van der Waals surface area contributed by atoms with E-state index in [2.05, 4.69) is 33.6 Å². The molecule has 0 aliphatic heterocycles. The highest BCUT2D eigenvalue weighted by atomic mass is 127. The molecule has 0 unspecified atom stereocenters. The van der Waals surface area contributed by atoms with Gasteiger partial charge in [0.25, 0.3) is 0 Å². The van der Waals surface area contributed by atoms with Crippen molar-refractivity contribution in [1.82, 2.24) is 9.80 Å². The molecule has 0 spiro atoms. The molecule has 3 nitrogen and oxygen atoms in total. The normalized spacial score (nSPS) is 10.6. The number of halogens is 1. The molecule has 1 amide bonds. The summed E-state index contributed by atoms with van der Waals surface area (Å²) in [6.07, 6.45) is 0.487. The molecule has 0 atom stereocenters. The van der Waals surface area contributed by atoms with Gasteiger partial charge in [0.15, 0.2) is 0 Å². The first-order valence-corrected chi connectivity index (χ1v) is 6.70. The lowest BCUT2D eigenvalue weighted by molar-refractivity contribution is -0.129. The van der Waals surface area contributed by atoms with Gasteiger partial charge in [0.2, 0.25) is 5.91 Å². The monoisotopic (exact) mass is 346 g/mol. The molecular weight excluding hydrogens is 327 g/mol. The predicted molar refractivity (Wildman–Crippen MR) is 79.1 cm³/mol. The molecule has 1 rings (SSSR count). The summed E-state index contributed by atoms with van der Waals surface area (Å²) in [7, 11) is 5.88. The van der Waals surface area contributed by atoms with Gasteiger partial charge in [0.1, 0.15) is 0 Å². The molecule has 4 heteroatoms. The lowest BCUT2D eigenvalue weighted by Gasteiger charge is -2.19. The molecule has 0 heterocycles. The number of hydrogen-bond acceptors (Lipinski definition) is 2. The van der Waals surface area contributed by atoms with Crippen molar-refractivity contribution in [3.8, 4) is 0 Å². The van der Waals surface area contributed by atoms with E-state index in [0.717, 1.165) is 18.7 Å². The van der Waals surface area contributed by atoms with Crippen LogP contribution in [0.4, 0.5) is 0 Å². The molecule has 0 radical (unpaired) electrons. The van der Waals surface area contributed by atoms with Crippen molar-refractivity contribution in [2.75, 3.05) is 34.2 Å². The number of carbonyl (C=O) groups is 1. The molecule has 1 aromatic rings. The van der Waals surface area contributed by atoms with E-state index >= 15 is 0 Å². The van der Waals surface area contributed by atoms with Gasteiger partial charge < -0.3 is 9.80 Å². The van der Waals surface area contributed by atoms with Crippen molar-refractivity contribution in [2.45, 2.75) is 6.42 Å². The summed E-state index contributed by atoms with van der Waals surface area (Å²) in [5.41, 5.74) is 1.08. The Morgan fingerprint density at radius 3 is 2.53 bits per heavy atom. The van der Waals surface area contributed by atoms with Gasteiger partial charge in [-0.15, -0.1) is 0 Å². The van der Waals surface area contributed by atoms with Crippen LogP contribution < -0.4 is 0 Å². The van der Waals surface area contributed by atoms with Crippen molar-refractivity contribution in [2.24, 2.45) is 0 Å². The van der Waals surface area contributed by atoms with Crippen molar-refractivity contribution in [3.05, 3.63) is 33.4 Å². The Kier molecular flexibility index (Phi) is 5.91. The zero-order valence-corrected chi connectivity index (χ0v) is 12.8. The molecule has 0 saturated carbocycles. The SMILES string of the molecule is CN(C)CCN(C)C(=O)Cc1cccc(I)c1. The summed E-state index contributed by atoms with van der Waals surface area (Å²) in [5, 5.41) is 0. The number of amides is 1. The zero-order valence-electron chi connectivity index (χ0n) is 10.6. The van der Waals surface area contributed by atoms with Crippen molar-refractivity contribution >= 4 is 28.5 Å². The van der Waals surface area contributed by atoms with Crippen LogP contribution in [0, 0.1) is 3.57 Å². The van der Waals surface area contributed by atoms with Gasteiger partial charge in [-0.25, -0.2) is 0 Å². The number of rotatable bonds is 5. The Morgan fingerprint density at radius 1 is 1.24 bits per heavy atom. The van der Waals surface area contributed by atoms with Crippen LogP contribution in [-0.2, 0) is 11.2 Å². The quantitative estimate of drug-likeness (QED) is 0.760. The highest BCUT2D eigenvalue weighted by Crippen LogP contribution is 2.09. The van der Waals surface area contributed by atoms with E-state index in [-0.39, 0.29) is 5.91 Å². The van der Waals surface area contributed by atoms with Crippen molar-refractivity contribution in [1.29, 1.82) is 0 Å². The van der Waals surface area contributed by atoms with Crippen LogP contribution in [0.3, 0.4) is 0 Å². The summed E-state index contributed by atoms with van der Waals surface area (Å²) >= 11 is 2.26. The molecule has 0 N–H and O–H groups in total. The topological polar surface area (TPSA) is 23.6 Å².